The molecule has 15 rings (SSSR count). The van der Waals surface area contributed by atoms with Crippen LogP contribution in [0.4, 0.5) is 0 Å². The molecule has 452 valence electrons. The van der Waals surface area contributed by atoms with Gasteiger partial charge >= 0.3 is 0 Å². The van der Waals surface area contributed by atoms with E-state index >= 15 is 0 Å². The Hall–Kier alpha value is -0.320. The lowest BCUT2D eigenvalue weighted by atomic mass is 9.61. The summed E-state index contributed by atoms with van der Waals surface area (Å²) < 4.78 is 0. The fraction of sp³-hybridized carbons (Fsp3) is 1.00. The minimum absolute atomic E-state index is 0.520. The van der Waals surface area contributed by atoms with Crippen LogP contribution < -0.4 is 31.9 Å². The Morgan fingerprint density at radius 3 is 0.800 bits per heavy atom. The number of nitrogens with one attached hydrogen (secondary N) is 6. The van der Waals surface area contributed by atoms with Crippen LogP contribution in [0.15, 0.2) is 0 Å². The largest absolute Gasteiger partial charge is 0.294 e. The molecule has 0 amide bonds. The number of likely N-dealkylation sites (tertiary alicyclic amines) is 2. The Labute approximate surface area is 490 Å². The number of nitrogens with zero attached hydrogens (tertiary/aromatic N) is 2. The van der Waals surface area contributed by atoms with E-state index < -0.39 is 0 Å². The van der Waals surface area contributed by atoms with Crippen molar-refractivity contribution in [2.75, 3.05) is 0 Å². The van der Waals surface area contributed by atoms with Gasteiger partial charge in [-0.3, -0.25) is 41.7 Å². The first-order valence-corrected chi connectivity index (χ1v) is 37.8. The van der Waals surface area contributed by atoms with Crippen LogP contribution in [0.2, 0.25) is 0 Å². The molecule has 0 bridgehead atoms. The number of hydrogen-bond acceptors (Lipinski definition) is 8. The molecule has 4 saturated heterocycles. The van der Waals surface area contributed by atoms with Crippen molar-refractivity contribution in [3.8, 4) is 0 Å². The smallest absolute Gasteiger partial charge is 0.0624 e. The first-order chi connectivity index (χ1) is 39.6. The van der Waals surface area contributed by atoms with Gasteiger partial charge in [-0.05, 0) is 250 Å². The highest BCUT2D eigenvalue weighted by atomic mass is 15.4. The molecule has 11 saturated carbocycles. The Balaban J connectivity index is 0.582. The summed E-state index contributed by atoms with van der Waals surface area (Å²) in [7, 11) is 0. The average Bonchev–Trinajstić information content (AvgIpc) is 4.24. The van der Waals surface area contributed by atoms with Gasteiger partial charge in [0, 0.05) is 36.3 Å². The standard InChI is InChI=1S/C72H124N8/c1-5-19-49(20-6-1)67-73-68(50-21-7-2-8-22-50)76-71(75-67)55-29-17-27-53(45-55)47-35-39-57(40-36-47)79-61-33-15-13-31-59(61)65-63(79)43-44-64-66(65)60-32-14-16-34-62(60)80(64)58-41-37-48(38-42-58)54-28-18-30-56(46-54)72-77-69(51-23-9-3-10-24-51)74-70(78-72)52-25-11-4-12-26-52/h47-78H,1-46H2. The van der Waals surface area contributed by atoms with Gasteiger partial charge in [-0.1, -0.05) is 128 Å². The van der Waals surface area contributed by atoms with Gasteiger partial charge < -0.3 is 0 Å². The molecule has 8 heteroatoms. The van der Waals surface area contributed by atoms with Crippen LogP contribution in [-0.4, -0.2) is 83.0 Å². The molecular weight excluding hydrogens is 977 g/mol. The molecular formula is C72H124N8. The van der Waals surface area contributed by atoms with Gasteiger partial charge in [0.15, 0.2) is 0 Å². The van der Waals surface area contributed by atoms with Crippen molar-refractivity contribution < 1.29 is 0 Å². The van der Waals surface area contributed by atoms with E-state index in [4.69, 9.17) is 0 Å². The maximum Gasteiger partial charge on any atom is 0.0624 e. The van der Waals surface area contributed by atoms with Gasteiger partial charge in [0.05, 0.1) is 37.0 Å². The average molecular weight is 1100 g/mol. The lowest BCUT2D eigenvalue weighted by molar-refractivity contribution is 0.00406. The quantitative estimate of drug-likeness (QED) is 0.129. The SMILES string of the molecule is C1CCC(C2NC(C3CCCCC3)NC(C3CCCC(C4CCC(N5C6CCCCC6C6C7C8CCCCC8N(C8CCC(C9CCCC(C%10NC(C%11CCCCC%11)NC(C%11CCCCC%11)N%10)C9)CC8)C7CCC65)CC4)C3)N2)CC1. The molecule has 16 unspecified atom stereocenters. The van der Waals surface area contributed by atoms with Gasteiger partial charge in [0.2, 0.25) is 0 Å². The summed E-state index contributed by atoms with van der Waals surface area (Å²) in [4.78, 5) is 6.85. The minimum Gasteiger partial charge on any atom is -0.294 e. The molecule has 0 aromatic rings. The molecule has 0 aromatic carbocycles. The summed E-state index contributed by atoms with van der Waals surface area (Å²) in [6.07, 6.45) is 71.6. The first-order valence-electron chi connectivity index (χ1n) is 37.8. The predicted octanol–water partition coefficient (Wildman–Crippen LogP) is 15.1. The third-order valence-corrected chi connectivity index (χ3v) is 28.9. The summed E-state index contributed by atoms with van der Waals surface area (Å²) in [5.41, 5.74) is 0. The third kappa shape index (κ3) is 11.6. The predicted molar refractivity (Wildman–Crippen MR) is 329 cm³/mol. The molecule has 15 aliphatic rings. The van der Waals surface area contributed by atoms with Crippen LogP contribution in [0.1, 0.15) is 295 Å². The number of hydrogen-bond donors (Lipinski definition) is 6. The Kier molecular flexibility index (Phi) is 18.1. The highest BCUT2D eigenvalue weighted by molar-refractivity contribution is 5.16. The van der Waals surface area contributed by atoms with Gasteiger partial charge in [-0.15, -0.1) is 0 Å². The number of fused-ring (bicyclic) bond motifs is 7. The van der Waals surface area contributed by atoms with E-state index in [9.17, 15) is 0 Å². The van der Waals surface area contributed by atoms with Crippen LogP contribution >= 0.6 is 0 Å². The zero-order chi connectivity index (χ0) is 52.9. The summed E-state index contributed by atoms with van der Waals surface area (Å²) in [6.45, 7) is 0. The third-order valence-electron chi connectivity index (χ3n) is 28.9. The molecule has 8 nitrogen and oxygen atoms in total. The van der Waals surface area contributed by atoms with E-state index in [-0.39, 0.29) is 0 Å². The normalized spacial score (nSPS) is 49.4. The maximum atomic E-state index is 4.34. The Morgan fingerprint density at radius 1 is 0.188 bits per heavy atom. The Bertz CT molecular complexity index is 1740. The molecule has 15 fully saturated rings. The lowest BCUT2D eigenvalue weighted by Crippen LogP contribution is -2.72. The highest BCUT2D eigenvalue weighted by Crippen LogP contribution is 2.62. The fourth-order valence-electron chi connectivity index (χ4n) is 25.3. The van der Waals surface area contributed by atoms with Gasteiger partial charge in [0.25, 0.3) is 0 Å². The summed E-state index contributed by atoms with van der Waals surface area (Å²) >= 11 is 0. The van der Waals surface area contributed by atoms with Crippen molar-refractivity contribution in [3.05, 3.63) is 0 Å². The highest BCUT2D eigenvalue weighted by Gasteiger charge is 2.64. The molecule has 0 spiro atoms. The lowest BCUT2D eigenvalue weighted by Gasteiger charge is -2.50. The molecule has 80 heavy (non-hydrogen) atoms. The van der Waals surface area contributed by atoms with E-state index in [0.29, 0.717) is 37.0 Å². The van der Waals surface area contributed by atoms with Crippen LogP contribution in [0.5, 0.6) is 0 Å². The van der Waals surface area contributed by atoms with Gasteiger partial charge in [0.1, 0.15) is 0 Å². The maximum absolute atomic E-state index is 4.34. The second-order valence-corrected chi connectivity index (χ2v) is 32.8. The molecule has 6 N–H and O–H groups in total. The first kappa shape index (κ1) is 56.2. The molecule has 16 atom stereocenters. The molecule has 0 aromatic heterocycles. The van der Waals surface area contributed by atoms with Gasteiger partial charge in [-0.2, -0.15) is 0 Å². The Morgan fingerprint density at radius 2 is 0.463 bits per heavy atom. The summed E-state index contributed by atoms with van der Waals surface area (Å²) in [5.74, 6) is 12.9. The van der Waals surface area contributed by atoms with E-state index in [2.05, 4.69) is 41.7 Å². The van der Waals surface area contributed by atoms with Crippen LogP contribution in [0, 0.1) is 82.9 Å². The van der Waals surface area contributed by atoms with Crippen molar-refractivity contribution >= 4 is 0 Å². The van der Waals surface area contributed by atoms with Crippen LogP contribution in [0.3, 0.4) is 0 Å². The molecule has 4 heterocycles. The van der Waals surface area contributed by atoms with E-state index in [1.165, 1.54) is 270 Å². The molecule has 4 aliphatic heterocycles. The van der Waals surface area contributed by atoms with Crippen molar-refractivity contribution in [3.63, 3.8) is 0 Å². The van der Waals surface area contributed by atoms with E-state index in [0.717, 1.165) is 119 Å². The van der Waals surface area contributed by atoms with E-state index in [1.54, 1.807) is 25.7 Å². The van der Waals surface area contributed by atoms with Crippen molar-refractivity contribution in [1.29, 1.82) is 0 Å². The van der Waals surface area contributed by atoms with Crippen LogP contribution in [0.25, 0.3) is 0 Å². The minimum atomic E-state index is 0.520. The van der Waals surface area contributed by atoms with Crippen molar-refractivity contribution in [2.24, 2.45) is 82.9 Å². The zero-order valence-electron chi connectivity index (χ0n) is 51.4. The monoisotopic (exact) mass is 1100 g/mol. The molecule has 11 aliphatic carbocycles. The van der Waals surface area contributed by atoms with Gasteiger partial charge in [-0.25, -0.2) is 0 Å². The van der Waals surface area contributed by atoms with Crippen molar-refractivity contribution in [1.82, 2.24) is 41.7 Å². The second kappa shape index (κ2) is 25.8. The van der Waals surface area contributed by atoms with E-state index in [1.807, 2.05) is 0 Å². The second-order valence-electron chi connectivity index (χ2n) is 32.8. The fourth-order valence-corrected chi connectivity index (χ4v) is 25.3. The number of rotatable bonds is 10. The van der Waals surface area contributed by atoms with Crippen LogP contribution in [-0.2, 0) is 0 Å². The molecule has 0 radical (unpaired) electrons. The summed E-state index contributed by atoms with van der Waals surface area (Å²) in [6, 6.07) is 5.43. The summed E-state index contributed by atoms with van der Waals surface area (Å²) in [5, 5.41) is 25.9. The topological polar surface area (TPSA) is 78.7 Å². The van der Waals surface area contributed by atoms with Crippen molar-refractivity contribution in [2.45, 2.75) is 369 Å². The zero-order valence-corrected chi connectivity index (χ0v) is 51.4.